The van der Waals surface area contributed by atoms with E-state index in [2.05, 4.69) is 10.3 Å². The molecule has 1 amide bonds. The third kappa shape index (κ3) is 4.23. The van der Waals surface area contributed by atoms with Crippen LogP contribution >= 0.6 is 0 Å². The summed E-state index contributed by atoms with van der Waals surface area (Å²) in [7, 11) is 0. The highest BCUT2D eigenvalue weighted by molar-refractivity contribution is 5.84. The molecule has 2 unspecified atom stereocenters. The van der Waals surface area contributed by atoms with Crippen LogP contribution in [0.4, 0.5) is 0 Å². The molecule has 0 aliphatic heterocycles. The zero-order valence-electron chi connectivity index (χ0n) is 14.7. The second kappa shape index (κ2) is 7.92. The Bertz CT molecular complexity index is 844. The number of nitrogens with zero attached hydrogens (tertiary/aromatic N) is 2. The lowest BCUT2D eigenvalue weighted by atomic mass is 9.99. The maximum atomic E-state index is 12.5. The van der Waals surface area contributed by atoms with Crippen LogP contribution in [0.15, 0.2) is 29.3 Å². The first-order valence-electron chi connectivity index (χ1n) is 8.32. The lowest BCUT2D eigenvalue weighted by molar-refractivity contribution is -0.143. The van der Waals surface area contributed by atoms with Crippen molar-refractivity contribution in [2.24, 2.45) is 5.92 Å². The SMILES string of the molecule is CCC(C)C(NC(=O)CCn1cnc2c(C)cccc2c1=O)C(=O)O. The van der Waals surface area contributed by atoms with E-state index in [1.165, 1.54) is 10.9 Å². The van der Waals surface area contributed by atoms with Gasteiger partial charge in [-0.2, -0.15) is 0 Å². The second-order valence-electron chi connectivity index (χ2n) is 6.23. The Morgan fingerprint density at radius 2 is 2.08 bits per heavy atom. The van der Waals surface area contributed by atoms with Gasteiger partial charge in [0.2, 0.25) is 5.91 Å². The third-order valence-electron chi connectivity index (χ3n) is 4.43. The van der Waals surface area contributed by atoms with Crippen molar-refractivity contribution < 1.29 is 14.7 Å². The van der Waals surface area contributed by atoms with E-state index in [0.29, 0.717) is 17.3 Å². The van der Waals surface area contributed by atoms with Crippen molar-refractivity contribution in [3.8, 4) is 0 Å². The first-order valence-corrected chi connectivity index (χ1v) is 8.32. The Morgan fingerprint density at radius 1 is 1.36 bits per heavy atom. The topological polar surface area (TPSA) is 101 Å². The van der Waals surface area contributed by atoms with Crippen molar-refractivity contribution in [2.75, 3.05) is 0 Å². The van der Waals surface area contributed by atoms with Crippen molar-refractivity contribution in [3.05, 3.63) is 40.4 Å². The van der Waals surface area contributed by atoms with Crippen molar-refractivity contribution in [1.29, 1.82) is 0 Å². The Morgan fingerprint density at radius 3 is 2.72 bits per heavy atom. The van der Waals surface area contributed by atoms with Gasteiger partial charge >= 0.3 is 5.97 Å². The van der Waals surface area contributed by atoms with E-state index in [-0.39, 0.29) is 24.4 Å². The lowest BCUT2D eigenvalue weighted by Crippen LogP contribution is -2.45. The number of hydrogen-bond acceptors (Lipinski definition) is 4. The number of carbonyl (C=O) groups excluding carboxylic acids is 1. The number of benzene rings is 1. The monoisotopic (exact) mass is 345 g/mol. The predicted molar refractivity (Wildman–Crippen MR) is 94.4 cm³/mol. The van der Waals surface area contributed by atoms with Gasteiger partial charge in [-0.1, -0.05) is 32.4 Å². The molecule has 0 spiro atoms. The first kappa shape index (κ1) is 18.6. The summed E-state index contributed by atoms with van der Waals surface area (Å²) >= 11 is 0. The number of carbonyl (C=O) groups is 2. The minimum absolute atomic E-state index is 0.0130. The molecule has 7 heteroatoms. The highest BCUT2D eigenvalue weighted by atomic mass is 16.4. The van der Waals surface area contributed by atoms with Gasteiger partial charge in [-0.15, -0.1) is 0 Å². The first-order chi connectivity index (χ1) is 11.8. The lowest BCUT2D eigenvalue weighted by Gasteiger charge is -2.20. The molecule has 2 atom stereocenters. The largest absolute Gasteiger partial charge is 0.480 e. The van der Waals surface area contributed by atoms with Crippen molar-refractivity contribution >= 4 is 22.8 Å². The van der Waals surface area contributed by atoms with E-state index >= 15 is 0 Å². The molecule has 0 saturated carbocycles. The van der Waals surface area contributed by atoms with Crippen LogP contribution in [-0.4, -0.2) is 32.6 Å². The summed E-state index contributed by atoms with van der Waals surface area (Å²) in [6, 6.07) is 4.46. The number of carboxylic acids is 1. The van der Waals surface area contributed by atoms with E-state index in [4.69, 9.17) is 0 Å². The number of aliphatic carboxylic acids is 1. The van der Waals surface area contributed by atoms with Crippen LogP contribution < -0.4 is 10.9 Å². The number of carboxylic acid groups (broad SMARTS) is 1. The molecule has 1 aromatic heterocycles. The Hall–Kier alpha value is -2.70. The molecule has 0 saturated heterocycles. The molecule has 1 aromatic carbocycles. The third-order valence-corrected chi connectivity index (χ3v) is 4.43. The molecule has 0 fully saturated rings. The van der Waals surface area contributed by atoms with E-state index in [1.807, 2.05) is 19.9 Å². The minimum atomic E-state index is -1.05. The molecular weight excluding hydrogens is 322 g/mol. The molecule has 0 aliphatic carbocycles. The van der Waals surface area contributed by atoms with Crippen LogP contribution in [0.5, 0.6) is 0 Å². The Labute approximate surface area is 145 Å². The van der Waals surface area contributed by atoms with Gasteiger partial charge in [-0.3, -0.25) is 14.2 Å². The summed E-state index contributed by atoms with van der Waals surface area (Å²) in [5, 5.41) is 12.3. The average Bonchev–Trinajstić information content (AvgIpc) is 2.59. The molecule has 2 aromatic rings. The number of fused-ring (bicyclic) bond motifs is 1. The van der Waals surface area contributed by atoms with E-state index in [1.54, 1.807) is 19.1 Å². The average molecular weight is 345 g/mol. The fourth-order valence-corrected chi connectivity index (χ4v) is 2.65. The van der Waals surface area contributed by atoms with Gasteiger partial charge in [0.1, 0.15) is 6.04 Å². The molecule has 1 heterocycles. The highest BCUT2D eigenvalue weighted by Gasteiger charge is 2.25. The quantitative estimate of drug-likeness (QED) is 0.795. The number of para-hydroxylation sites is 1. The van der Waals surface area contributed by atoms with Crippen molar-refractivity contribution in [1.82, 2.24) is 14.9 Å². The van der Waals surface area contributed by atoms with Gasteiger partial charge in [0.15, 0.2) is 0 Å². The van der Waals surface area contributed by atoms with Crippen molar-refractivity contribution in [2.45, 2.75) is 46.2 Å². The van der Waals surface area contributed by atoms with Gasteiger partial charge in [0, 0.05) is 13.0 Å². The minimum Gasteiger partial charge on any atom is -0.480 e. The number of hydrogen-bond donors (Lipinski definition) is 2. The van der Waals surface area contributed by atoms with Crippen LogP contribution in [0.25, 0.3) is 10.9 Å². The maximum Gasteiger partial charge on any atom is 0.326 e. The molecular formula is C18H23N3O4. The number of aryl methyl sites for hydroxylation is 2. The normalized spacial score (nSPS) is 13.4. The fraction of sp³-hybridized carbons (Fsp3) is 0.444. The van der Waals surface area contributed by atoms with Gasteiger partial charge in [0.05, 0.1) is 17.2 Å². The van der Waals surface area contributed by atoms with Crippen LogP contribution in [0.1, 0.15) is 32.3 Å². The smallest absolute Gasteiger partial charge is 0.326 e. The molecule has 134 valence electrons. The number of nitrogens with one attached hydrogen (secondary N) is 1. The predicted octanol–water partition coefficient (Wildman–Crippen LogP) is 1.71. The van der Waals surface area contributed by atoms with Gasteiger partial charge in [-0.25, -0.2) is 9.78 Å². The summed E-state index contributed by atoms with van der Waals surface area (Å²) in [6.07, 6.45) is 2.08. The van der Waals surface area contributed by atoms with E-state index < -0.39 is 17.9 Å². The summed E-state index contributed by atoms with van der Waals surface area (Å²) in [6.45, 7) is 5.68. The summed E-state index contributed by atoms with van der Waals surface area (Å²) in [5.41, 5.74) is 1.35. The van der Waals surface area contributed by atoms with E-state index in [9.17, 15) is 19.5 Å². The molecule has 0 radical (unpaired) electrons. The molecule has 0 aliphatic rings. The zero-order chi connectivity index (χ0) is 18.6. The van der Waals surface area contributed by atoms with Crippen LogP contribution in [0.2, 0.25) is 0 Å². The number of rotatable bonds is 7. The van der Waals surface area contributed by atoms with E-state index in [0.717, 1.165) is 5.56 Å². The fourth-order valence-electron chi connectivity index (χ4n) is 2.65. The van der Waals surface area contributed by atoms with Crippen LogP contribution in [0, 0.1) is 12.8 Å². The van der Waals surface area contributed by atoms with Gasteiger partial charge in [-0.05, 0) is 24.5 Å². The van der Waals surface area contributed by atoms with Crippen LogP contribution in [-0.2, 0) is 16.1 Å². The Balaban J connectivity index is 2.10. The van der Waals surface area contributed by atoms with Gasteiger partial charge < -0.3 is 10.4 Å². The Kier molecular flexibility index (Phi) is 5.90. The van der Waals surface area contributed by atoms with Crippen LogP contribution in [0.3, 0.4) is 0 Å². The molecule has 2 rings (SSSR count). The number of aromatic nitrogens is 2. The second-order valence-corrected chi connectivity index (χ2v) is 6.23. The van der Waals surface area contributed by atoms with Crippen molar-refractivity contribution in [3.63, 3.8) is 0 Å². The standard InChI is InChI=1S/C18H23N3O4/c1-4-11(2)16(18(24)25)20-14(22)8-9-21-10-19-15-12(3)6-5-7-13(15)17(21)23/h5-7,10-11,16H,4,8-9H2,1-3H3,(H,20,22)(H,24,25). The number of amides is 1. The molecule has 2 N–H and O–H groups in total. The molecule has 0 bridgehead atoms. The maximum absolute atomic E-state index is 12.5. The zero-order valence-corrected chi connectivity index (χ0v) is 14.7. The summed E-state index contributed by atoms with van der Waals surface area (Å²) in [4.78, 5) is 40.1. The summed E-state index contributed by atoms with van der Waals surface area (Å²) < 4.78 is 1.38. The van der Waals surface area contributed by atoms with Gasteiger partial charge in [0.25, 0.3) is 5.56 Å². The summed E-state index contributed by atoms with van der Waals surface area (Å²) in [5.74, 6) is -1.62. The molecule has 25 heavy (non-hydrogen) atoms. The molecule has 7 nitrogen and oxygen atoms in total. The highest BCUT2D eigenvalue weighted by Crippen LogP contribution is 2.11.